The molecule has 30 heavy (non-hydrogen) atoms. The normalized spacial score (nSPS) is 13.4. The number of rotatable bonds is 8. The van der Waals surface area contributed by atoms with Gasteiger partial charge in [0.1, 0.15) is 0 Å². The van der Waals surface area contributed by atoms with E-state index in [1.54, 1.807) is 6.08 Å². The van der Waals surface area contributed by atoms with E-state index in [0.717, 1.165) is 24.5 Å². The number of allylic oxidation sites excluding steroid dienone is 4. The Morgan fingerprint density at radius 1 is 1.27 bits per heavy atom. The molecule has 0 aromatic heterocycles. The number of benzene rings is 1. The third-order valence-corrected chi connectivity index (χ3v) is 4.23. The Labute approximate surface area is 184 Å². The summed E-state index contributed by atoms with van der Waals surface area (Å²) >= 11 is 6.12. The molecule has 0 saturated heterocycles. The molecular formula is C23H33ClF2N2O2. The molecule has 0 spiro atoms. The molecule has 0 unspecified atom stereocenters. The van der Waals surface area contributed by atoms with Crippen molar-refractivity contribution in [3.8, 4) is 0 Å². The SMILES string of the molecule is C=C(Nc1c(C(=O)NOCC2CC2)ccc(F)c1F)/C(Cl)=C\C(C)=C/C.CC.CC. The number of halogens is 3. The highest BCUT2D eigenvalue weighted by Crippen LogP contribution is 2.29. The third-order valence-electron chi connectivity index (χ3n) is 3.89. The number of amides is 1. The van der Waals surface area contributed by atoms with Crippen LogP contribution in [0.2, 0.25) is 0 Å². The summed E-state index contributed by atoms with van der Waals surface area (Å²) in [6.07, 6.45) is 5.56. The quantitative estimate of drug-likeness (QED) is 0.333. The van der Waals surface area contributed by atoms with Crippen molar-refractivity contribution in [2.24, 2.45) is 5.92 Å². The second-order valence-corrected chi connectivity index (χ2v) is 6.51. The van der Waals surface area contributed by atoms with E-state index < -0.39 is 17.5 Å². The molecule has 1 fully saturated rings. The fourth-order valence-corrected chi connectivity index (χ4v) is 2.23. The van der Waals surface area contributed by atoms with Gasteiger partial charge in [-0.2, -0.15) is 0 Å². The molecule has 4 nitrogen and oxygen atoms in total. The predicted molar refractivity (Wildman–Crippen MR) is 121 cm³/mol. The monoisotopic (exact) mass is 442 g/mol. The van der Waals surface area contributed by atoms with Crippen LogP contribution in [0.15, 0.2) is 47.2 Å². The first kappa shape index (κ1) is 27.8. The summed E-state index contributed by atoms with van der Waals surface area (Å²) in [5, 5.41) is 2.80. The van der Waals surface area contributed by atoms with Crippen LogP contribution in [0.5, 0.6) is 0 Å². The van der Waals surface area contributed by atoms with Gasteiger partial charge in [-0.1, -0.05) is 57.5 Å². The first-order chi connectivity index (χ1) is 14.3. The fraction of sp³-hybridized carbons (Fsp3) is 0.435. The minimum Gasteiger partial charge on any atom is -0.352 e. The Morgan fingerprint density at radius 2 is 1.87 bits per heavy atom. The lowest BCUT2D eigenvalue weighted by Gasteiger charge is -2.15. The molecule has 0 heterocycles. The van der Waals surface area contributed by atoms with Gasteiger partial charge in [0.25, 0.3) is 5.91 Å². The maximum absolute atomic E-state index is 14.3. The molecule has 168 valence electrons. The zero-order chi connectivity index (χ0) is 23.3. The zero-order valence-corrected chi connectivity index (χ0v) is 19.4. The van der Waals surface area contributed by atoms with Crippen LogP contribution in [0.4, 0.5) is 14.5 Å². The molecule has 2 N–H and O–H groups in total. The Hall–Kier alpha value is -2.18. The molecule has 0 radical (unpaired) electrons. The molecular weight excluding hydrogens is 410 g/mol. The average molecular weight is 443 g/mol. The fourth-order valence-electron chi connectivity index (χ4n) is 2.01. The maximum atomic E-state index is 14.3. The lowest BCUT2D eigenvalue weighted by Crippen LogP contribution is -2.26. The van der Waals surface area contributed by atoms with Crippen molar-refractivity contribution in [1.82, 2.24) is 5.48 Å². The highest BCUT2D eigenvalue weighted by Gasteiger charge is 2.23. The molecule has 1 aliphatic carbocycles. The zero-order valence-electron chi connectivity index (χ0n) is 18.7. The van der Waals surface area contributed by atoms with Crippen molar-refractivity contribution in [2.45, 2.75) is 54.4 Å². The Morgan fingerprint density at radius 3 is 2.40 bits per heavy atom. The van der Waals surface area contributed by atoms with E-state index in [1.807, 2.05) is 47.6 Å². The number of carbonyl (C=O) groups is 1. The van der Waals surface area contributed by atoms with E-state index in [4.69, 9.17) is 16.4 Å². The lowest BCUT2D eigenvalue weighted by atomic mass is 10.1. The summed E-state index contributed by atoms with van der Waals surface area (Å²) < 4.78 is 27.9. The van der Waals surface area contributed by atoms with Gasteiger partial charge in [-0.15, -0.1) is 0 Å². The van der Waals surface area contributed by atoms with E-state index in [9.17, 15) is 13.6 Å². The van der Waals surface area contributed by atoms with Gasteiger partial charge in [-0.25, -0.2) is 14.3 Å². The molecule has 0 atom stereocenters. The van der Waals surface area contributed by atoms with Crippen LogP contribution >= 0.6 is 11.6 Å². The average Bonchev–Trinajstić information content (AvgIpc) is 3.58. The van der Waals surface area contributed by atoms with Crippen LogP contribution in [0.1, 0.15) is 64.7 Å². The maximum Gasteiger partial charge on any atom is 0.277 e. The van der Waals surface area contributed by atoms with Crippen molar-refractivity contribution in [3.05, 3.63) is 64.4 Å². The van der Waals surface area contributed by atoms with Crippen molar-refractivity contribution < 1.29 is 18.4 Å². The van der Waals surface area contributed by atoms with Crippen molar-refractivity contribution in [3.63, 3.8) is 0 Å². The van der Waals surface area contributed by atoms with Gasteiger partial charge < -0.3 is 5.32 Å². The second kappa shape index (κ2) is 14.7. The Bertz CT molecular complexity index is 773. The molecule has 1 saturated carbocycles. The van der Waals surface area contributed by atoms with E-state index >= 15 is 0 Å². The first-order valence-electron chi connectivity index (χ1n) is 10.2. The standard InChI is InChI=1S/C19H21ClF2N2O2.2C2H6/c1-4-11(2)9-15(20)12(3)23-18-14(7-8-16(21)17(18)22)19(25)24-26-10-13-5-6-13;2*1-2/h4,7-9,13,23H,3,5-6,10H2,1-2H3,(H,24,25);2*1-2H3/b11-4-,15-9+;;. The molecule has 2 rings (SSSR count). The Balaban J connectivity index is 0.00000198. The highest BCUT2D eigenvalue weighted by atomic mass is 35.5. The van der Waals surface area contributed by atoms with Crippen molar-refractivity contribution in [2.75, 3.05) is 11.9 Å². The summed E-state index contributed by atoms with van der Waals surface area (Å²) in [5.74, 6) is -2.55. The van der Waals surface area contributed by atoms with Gasteiger partial charge in [0, 0.05) is 0 Å². The van der Waals surface area contributed by atoms with E-state index in [2.05, 4.69) is 17.4 Å². The van der Waals surface area contributed by atoms with Gasteiger partial charge in [-0.3, -0.25) is 9.63 Å². The number of nitrogens with one attached hydrogen (secondary N) is 2. The third kappa shape index (κ3) is 9.09. The second-order valence-electron chi connectivity index (χ2n) is 6.10. The summed E-state index contributed by atoms with van der Waals surface area (Å²) in [6, 6.07) is 2.04. The predicted octanol–water partition coefficient (Wildman–Crippen LogP) is 7.10. The van der Waals surface area contributed by atoms with Gasteiger partial charge in [0.2, 0.25) is 0 Å². The van der Waals surface area contributed by atoms with Gasteiger partial charge in [0.15, 0.2) is 11.6 Å². The first-order valence-corrected chi connectivity index (χ1v) is 10.6. The number of hydrogen-bond donors (Lipinski definition) is 2. The molecule has 7 heteroatoms. The van der Waals surface area contributed by atoms with Crippen LogP contribution in [-0.2, 0) is 4.84 Å². The Kier molecular flexibility index (Phi) is 13.7. The molecule has 1 amide bonds. The van der Waals surface area contributed by atoms with Crippen LogP contribution in [0.3, 0.4) is 0 Å². The molecule has 1 aliphatic rings. The smallest absolute Gasteiger partial charge is 0.277 e. The number of anilines is 1. The minimum atomic E-state index is -1.20. The van der Waals surface area contributed by atoms with Crippen LogP contribution in [0.25, 0.3) is 0 Å². The van der Waals surface area contributed by atoms with Gasteiger partial charge in [-0.05, 0) is 50.8 Å². The minimum absolute atomic E-state index is 0.118. The van der Waals surface area contributed by atoms with Crippen LogP contribution < -0.4 is 10.8 Å². The number of carbonyl (C=O) groups excluding carboxylic acids is 1. The summed E-state index contributed by atoms with van der Waals surface area (Å²) in [4.78, 5) is 17.4. The van der Waals surface area contributed by atoms with Crippen molar-refractivity contribution in [1.29, 1.82) is 0 Å². The summed E-state index contributed by atoms with van der Waals surface area (Å²) in [6.45, 7) is 15.8. The van der Waals surface area contributed by atoms with E-state index in [0.29, 0.717) is 12.5 Å². The molecule has 0 aliphatic heterocycles. The highest BCUT2D eigenvalue weighted by molar-refractivity contribution is 6.32. The largest absolute Gasteiger partial charge is 0.352 e. The molecule has 1 aromatic rings. The van der Waals surface area contributed by atoms with E-state index in [1.165, 1.54) is 6.07 Å². The van der Waals surface area contributed by atoms with Crippen LogP contribution in [-0.4, -0.2) is 12.5 Å². The van der Waals surface area contributed by atoms with Crippen molar-refractivity contribution >= 4 is 23.2 Å². The topological polar surface area (TPSA) is 50.4 Å². The lowest BCUT2D eigenvalue weighted by molar-refractivity contribution is 0.0270. The van der Waals surface area contributed by atoms with E-state index in [-0.39, 0.29) is 22.0 Å². The summed E-state index contributed by atoms with van der Waals surface area (Å²) in [7, 11) is 0. The number of hydrogen-bond acceptors (Lipinski definition) is 3. The van der Waals surface area contributed by atoms with Gasteiger partial charge >= 0.3 is 0 Å². The summed E-state index contributed by atoms with van der Waals surface area (Å²) in [5.41, 5.74) is 2.77. The van der Waals surface area contributed by atoms with Gasteiger partial charge in [0.05, 0.1) is 28.6 Å². The molecule has 0 bridgehead atoms. The molecule has 1 aromatic carbocycles. The van der Waals surface area contributed by atoms with Crippen LogP contribution in [0, 0.1) is 17.6 Å². The number of hydroxylamine groups is 1.